The van der Waals surface area contributed by atoms with Gasteiger partial charge in [-0.25, -0.2) is 4.79 Å². The third-order valence-electron chi connectivity index (χ3n) is 5.27. The molecule has 0 saturated heterocycles. The summed E-state index contributed by atoms with van der Waals surface area (Å²) in [5.41, 5.74) is 0. The molecular weight excluding hydrogens is 316 g/mol. The van der Waals surface area contributed by atoms with E-state index in [-0.39, 0.29) is 23.0 Å². The lowest BCUT2D eigenvalue weighted by atomic mass is 9.88. The van der Waals surface area contributed by atoms with E-state index in [1.165, 1.54) is 0 Å². The van der Waals surface area contributed by atoms with Gasteiger partial charge >= 0.3 is 5.97 Å². The van der Waals surface area contributed by atoms with Crippen molar-refractivity contribution in [1.29, 1.82) is 0 Å². The number of ether oxygens (including phenoxy) is 1. The van der Waals surface area contributed by atoms with Crippen LogP contribution in [0, 0.1) is 11.8 Å². The molecule has 0 aromatic heterocycles. The fraction of sp³-hybridized carbons (Fsp3) is 0.850. The van der Waals surface area contributed by atoms with E-state index < -0.39 is 8.32 Å². The van der Waals surface area contributed by atoms with E-state index in [0.717, 1.165) is 19.3 Å². The summed E-state index contributed by atoms with van der Waals surface area (Å²) in [7, 11) is -1.83. The number of esters is 1. The van der Waals surface area contributed by atoms with Gasteiger partial charge in [-0.1, -0.05) is 54.0 Å². The molecule has 0 N–H and O–H groups in total. The van der Waals surface area contributed by atoms with Crippen molar-refractivity contribution >= 4 is 14.3 Å². The smallest absolute Gasteiger partial charge is 0.330 e. The van der Waals surface area contributed by atoms with Gasteiger partial charge in [0.2, 0.25) is 0 Å². The fourth-order valence-corrected chi connectivity index (χ4v) is 3.86. The average Bonchev–Trinajstić information content (AvgIpc) is 2.48. The predicted octanol–water partition coefficient (Wildman–Crippen LogP) is 5.96. The lowest BCUT2D eigenvalue weighted by Gasteiger charge is -2.41. The minimum Gasteiger partial charge on any atom is -0.463 e. The van der Waals surface area contributed by atoms with E-state index in [1.54, 1.807) is 6.08 Å². The molecule has 0 heterocycles. The largest absolute Gasteiger partial charge is 0.463 e. The molecule has 4 heteroatoms. The first-order valence-corrected chi connectivity index (χ1v) is 12.4. The summed E-state index contributed by atoms with van der Waals surface area (Å²) < 4.78 is 11.7. The van der Waals surface area contributed by atoms with E-state index in [2.05, 4.69) is 54.6 Å². The summed E-state index contributed by atoms with van der Waals surface area (Å²) in [5, 5.41) is 0.187. The third kappa shape index (κ3) is 7.97. The average molecular weight is 357 g/mol. The van der Waals surface area contributed by atoms with Gasteiger partial charge < -0.3 is 9.16 Å². The summed E-state index contributed by atoms with van der Waals surface area (Å²) in [6.45, 7) is 20.3. The number of hydrogen-bond acceptors (Lipinski definition) is 3. The quantitative estimate of drug-likeness (QED) is 0.275. The van der Waals surface area contributed by atoms with E-state index in [9.17, 15) is 4.79 Å². The number of carbonyl (C=O) groups excluding carboxylic acids is 1. The third-order valence-corrected chi connectivity index (χ3v) is 9.77. The summed E-state index contributed by atoms with van der Waals surface area (Å²) in [6, 6.07) is 0. The van der Waals surface area contributed by atoms with Crippen LogP contribution in [0.1, 0.15) is 67.7 Å². The first-order valence-electron chi connectivity index (χ1n) is 9.51. The molecule has 0 spiro atoms. The molecule has 0 unspecified atom stereocenters. The Balaban J connectivity index is 5.29. The van der Waals surface area contributed by atoms with Crippen LogP contribution in [-0.2, 0) is 14.0 Å². The maximum absolute atomic E-state index is 11.7. The minimum absolute atomic E-state index is 0.158. The van der Waals surface area contributed by atoms with Crippen LogP contribution in [0.4, 0.5) is 0 Å². The summed E-state index contributed by atoms with van der Waals surface area (Å²) >= 11 is 0. The molecule has 0 bridgehead atoms. The van der Waals surface area contributed by atoms with Crippen LogP contribution in [0.25, 0.3) is 0 Å². The highest BCUT2D eigenvalue weighted by molar-refractivity contribution is 6.74. The van der Waals surface area contributed by atoms with Gasteiger partial charge in [0.15, 0.2) is 8.32 Å². The molecule has 0 rings (SSSR count). The molecule has 0 radical (unpaired) electrons. The summed E-state index contributed by atoms with van der Waals surface area (Å²) in [4.78, 5) is 11.7. The summed E-state index contributed by atoms with van der Waals surface area (Å²) in [6.07, 6.45) is 6.91. The number of carbonyl (C=O) groups is 1. The van der Waals surface area contributed by atoms with E-state index in [0.29, 0.717) is 12.5 Å². The van der Waals surface area contributed by atoms with Crippen molar-refractivity contribution < 1.29 is 14.0 Å². The Bertz CT molecular complexity index is 396. The second-order valence-corrected chi connectivity index (χ2v) is 13.1. The molecule has 24 heavy (non-hydrogen) atoms. The van der Waals surface area contributed by atoms with Gasteiger partial charge in [0.1, 0.15) is 0 Å². The van der Waals surface area contributed by atoms with Gasteiger partial charge in [-0.3, -0.25) is 0 Å². The highest BCUT2D eigenvalue weighted by Gasteiger charge is 2.40. The van der Waals surface area contributed by atoms with Crippen molar-refractivity contribution in [2.24, 2.45) is 11.8 Å². The first-order chi connectivity index (χ1) is 11.0. The van der Waals surface area contributed by atoms with Crippen LogP contribution >= 0.6 is 0 Å². The molecule has 0 amide bonds. The molecular formula is C20H40O3Si. The molecule has 0 saturated carbocycles. The molecule has 0 aliphatic carbocycles. The monoisotopic (exact) mass is 356 g/mol. The maximum Gasteiger partial charge on any atom is 0.330 e. The van der Waals surface area contributed by atoms with Crippen LogP contribution in [0.15, 0.2) is 12.2 Å². The van der Waals surface area contributed by atoms with Gasteiger partial charge in [0.25, 0.3) is 0 Å². The van der Waals surface area contributed by atoms with Crippen molar-refractivity contribution in [2.75, 3.05) is 6.61 Å². The number of hydrogen-bond donors (Lipinski definition) is 0. The van der Waals surface area contributed by atoms with Crippen LogP contribution in [0.5, 0.6) is 0 Å². The van der Waals surface area contributed by atoms with Crippen molar-refractivity contribution in [3.05, 3.63) is 12.2 Å². The molecule has 142 valence electrons. The zero-order valence-electron chi connectivity index (χ0n) is 17.4. The summed E-state index contributed by atoms with van der Waals surface area (Å²) in [5.74, 6) is 0.608. The Hall–Kier alpha value is -0.613. The number of rotatable bonds is 10. The lowest BCUT2D eigenvalue weighted by molar-refractivity contribution is -0.137. The Kier molecular flexibility index (Phi) is 10.1. The van der Waals surface area contributed by atoms with Gasteiger partial charge in [-0.2, -0.15) is 0 Å². The zero-order valence-corrected chi connectivity index (χ0v) is 18.4. The molecule has 0 aromatic rings. The first kappa shape index (κ1) is 23.4. The highest BCUT2D eigenvalue weighted by Crippen LogP contribution is 2.39. The van der Waals surface area contributed by atoms with Gasteiger partial charge in [0.05, 0.1) is 12.7 Å². The fourth-order valence-electron chi connectivity index (χ4n) is 2.41. The molecule has 0 aliphatic rings. The van der Waals surface area contributed by atoms with E-state index >= 15 is 0 Å². The zero-order chi connectivity index (χ0) is 19.0. The molecule has 0 fully saturated rings. The van der Waals surface area contributed by atoms with Crippen molar-refractivity contribution in [2.45, 2.75) is 92.0 Å². The lowest BCUT2D eigenvalue weighted by Crippen LogP contribution is -2.45. The van der Waals surface area contributed by atoms with Crippen LogP contribution in [-0.4, -0.2) is 27.0 Å². The second kappa shape index (κ2) is 10.4. The molecule has 0 aromatic carbocycles. The van der Waals surface area contributed by atoms with Gasteiger partial charge in [-0.15, -0.1) is 0 Å². The Morgan fingerprint density at radius 3 is 2.12 bits per heavy atom. The SMILES string of the molecule is CCOC(=O)/C=C/[C@@H](C[C@@H](C)CC)[C@@H](CC)O[Si](C)(C)C(C)(C)C. The predicted molar refractivity (Wildman–Crippen MR) is 106 cm³/mol. The topological polar surface area (TPSA) is 35.5 Å². The van der Waals surface area contributed by atoms with E-state index in [1.807, 2.05) is 13.0 Å². The van der Waals surface area contributed by atoms with Crippen LogP contribution in [0.2, 0.25) is 18.1 Å². The van der Waals surface area contributed by atoms with Gasteiger partial charge in [0, 0.05) is 12.0 Å². The minimum atomic E-state index is -1.83. The standard InChI is InChI=1S/C20H40O3Si/c1-10-16(4)15-17(13-14-19(21)22-12-3)18(11-2)23-24(8,9)20(5,6)7/h13-14,16-18H,10-12,15H2,1-9H3/b14-13+/t16-,17-,18+/m0/s1. The highest BCUT2D eigenvalue weighted by atomic mass is 28.4. The van der Waals surface area contributed by atoms with Crippen LogP contribution in [0.3, 0.4) is 0 Å². The normalized spacial score (nSPS) is 16.9. The molecule has 3 atom stereocenters. The Labute approximate surface area is 151 Å². The van der Waals surface area contributed by atoms with E-state index in [4.69, 9.17) is 9.16 Å². The maximum atomic E-state index is 11.7. The Morgan fingerprint density at radius 1 is 1.12 bits per heavy atom. The molecule has 3 nitrogen and oxygen atoms in total. The van der Waals surface area contributed by atoms with Crippen molar-refractivity contribution in [1.82, 2.24) is 0 Å². The molecule has 0 aliphatic heterocycles. The Morgan fingerprint density at radius 2 is 1.71 bits per heavy atom. The van der Waals surface area contributed by atoms with Crippen molar-refractivity contribution in [3.63, 3.8) is 0 Å². The van der Waals surface area contributed by atoms with Crippen molar-refractivity contribution in [3.8, 4) is 0 Å². The second-order valence-electron chi connectivity index (χ2n) is 8.35. The van der Waals surface area contributed by atoms with Gasteiger partial charge in [-0.05, 0) is 43.8 Å². The van der Waals surface area contributed by atoms with Crippen LogP contribution < -0.4 is 0 Å².